The third-order valence-corrected chi connectivity index (χ3v) is 8.23. The smallest absolute Gasteiger partial charge is 0.304 e. The van der Waals surface area contributed by atoms with Crippen molar-refractivity contribution in [1.29, 1.82) is 0 Å². The van der Waals surface area contributed by atoms with Crippen molar-refractivity contribution in [3.8, 4) is 5.75 Å². The number of carbonyl (C=O) groups is 2. The second-order valence-electron chi connectivity index (χ2n) is 10.4. The van der Waals surface area contributed by atoms with Gasteiger partial charge in [-0.05, 0) is 66.1 Å². The molecule has 1 amide bonds. The van der Waals surface area contributed by atoms with Gasteiger partial charge in [-0.3, -0.25) is 9.59 Å². The number of carbonyl (C=O) groups excluding carboxylic acids is 1. The Bertz CT molecular complexity index is 1570. The highest BCUT2D eigenvalue weighted by Gasteiger charge is 2.27. The number of aromatic nitrogens is 4. The first kappa shape index (κ1) is 26.3. The molecular formula is C30H30ClN5O4. The number of aryl methyl sites for hydroxylation is 1. The molecule has 4 aromatic rings. The van der Waals surface area contributed by atoms with Gasteiger partial charge >= 0.3 is 5.97 Å². The lowest BCUT2D eigenvalue weighted by molar-refractivity contribution is -0.137. The molecule has 0 radical (unpaired) electrons. The van der Waals surface area contributed by atoms with Gasteiger partial charge in [0.2, 0.25) is 0 Å². The van der Waals surface area contributed by atoms with Crippen LogP contribution in [0.25, 0.3) is 11.0 Å². The van der Waals surface area contributed by atoms with E-state index < -0.39 is 11.9 Å². The summed E-state index contributed by atoms with van der Waals surface area (Å²) in [5, 5.41) is 18.9. The maximum Gasteiger partial charge on any atom is 0.304 e. The molecular weight excluding hydrogens is 530 g/mol. The van der Waals surface area contributed by atoms with E-state index >= 15 is 0 Å². The van der Waals surface area contributed by atoms with Crippen molar-refractivity contribution >= 4 is 34.5 Å². The molecule has 9 nitrogen and oxygen atoms in total. The monoisotopic (exact) mass is 559 g/mol. The van der Waals surface area contributed by atoms with Gasteiger partial charge in [-0.2, -0.15) is 0 Å². The SMILES string of the molecule is O=C(O)CC1c2ccc3c(c2)CN(CC3)C(=O)c2ccc(cn2)OCCCCCCn2nnc3c(Cl)c1ccc32. The van der Waals surface area contributed by atoms with E-state index in [1.165, 1.54) is 0 Å². The lowest BCUT2D eigenvalue weighted by Crippen LogP contribution is -2.36. The Hall–Kier alpha value is -3.98. The lowest BCUT2D eigenvalue weighted by atomic mass is 9.85. The van der Waals surface area contributed by atoms with E-state index in [1.807, 2.05) is 35.0 Å². The Morgan fingerprint density at radius 1 is 1.05 bits per heavy atom. The summed E-state index contributed by atoms with van der Waals surface area (Å²) in [5.41, 5.74) is 5.47. The number of ether oxygens (including phenoxy) is 1. The Morgan fingerprint density at radius 3 is 2.75 bits per heavy atom. The van der Waals surface area contributed by atoms with E-state index in [-0.39, 0.29) is 12.3 Å². The summed E-state index contributed by atoms with van der Waals surface area (Å²) < 4.78 is 7.70. The maximum absolute atomic E-state index is 13.3. The standard InChI is InChI=1S/C30H30ClN5O4/c31-28-23-8-10-26-29(28)33-34-36(26)12-3-1-2-4-14-40-22-7-9-25(32-17-22)30(39)35-13-11-19-5-6-20(15-21(19)18-35)24(23)16-27(37)38/h5-10,15,17,24H,1-4,11-14,16,18H2,(H,37,38). The highest BCUT2D eigenvalue weighted by molar-refractivity contribution is 6.35. The number of nitrogens with zero attached hydrogens (tertiary/aromatic N) is 5. The van der Waals surface area contributed by atoms with Crippen LogP contribution in [0, 0.1) is 0 Å². The molecule has 0 aliphatic carbocycles. The zero-order valence-electron chi connectivity index (χ0n) is 22.1. The minimum Gasteiger partial charge on any atom is -0.492 e. The Labute approximate surface area is 236 Å². The molecule has 1 unspecified atom stereocenters. The molecule has 2 aromatic heterocycles. The molecule has 0 saturated heterocycles. The van der Waals surface area contributed by atoms with Gasteiger partial charge in [-0.15, -0.1) is 5.10 Å². The van der Waals surface area contributed by atoms with Gasteiger partial charge in [-0.25, -0.2) is 9.67 Å². The molecule has 40 heavy (non-hydrogen) atoms. The summed E-state index contributed by atoms with van der Waals surface area (Å²) in [6, 6.07) is 13.4. The van der Waals surface area contributed by atoms with Crippen molar-refractivity contribution in [2.75, 3.05) is 13.2 Å². The molecule has 0 fully saturated rings. The van der Waals surface area contributed by atoms with E-state index in [9.17, 15) is 14.7 Å². The van der Waals surface area contributed by atoms with Gasteiger partial charge in [0.1, 0.15) is 17.0 Å². The molecule has 1 atom stereocenters. The number of amides is 1. The van der Waals surface area contributed by atoms with Crippen LogP contribution in [0.5, 0.6) is 5.75 Å². The number of benzene rings is 2. The van der Waals surface area contributed by atoms with Crippen LogP contribution < -0.4 is 4.74 Å². The van der Waals surface area contributed by atoms with Gasteiger partial charge in [0.25, 0.3) is 5.91 Å². The number of rotatable bonds is 2. The Morgan fingerprint density at radius 2 is 1.93 bits per heavy atom. The van der Waals surface area contributed by atoms with E-state index in [0.29, 0.717) is 60.2 Å². The van der Waals surface area contributed by atoms with Crippen molar-refractivity contribution in [2.24, 2.45) is 0 Å². The van der Waals surface area contributed by atoms with E-state index in [1.54, 1.807) is 23.2 Å². The number of halogens is 1. The summed E-state index contributed by atoms with van der Waals surface area (Å²) >= 11 is 6.89. The number of carboxylic acids is 1. The molecule has 0 spiro atoms. The number of hydrogen-bond donors (Lipinski definition) is 1. The van der Waals surface area contributed by atoms with Gasteiger partial charge in [0.05, 0.1) is 29.8 Å². The molecule has 7 heterocycles. The van der Waals surface area contributed by atoms with Crippen LogP contribution >= 0.6 is 11.6 Å². The fourth-order valence-corrected chi connectivity index (χ4v) is 5.99. The van der Waals surface area contributed by atoms with Gasteiger partial charge in [0.15, 0.2) is 0 Å². The maximum atomic E-state index is 13.3. The molecule has 9 rings (SSSR count). The molecule has 0 saturated carbocycles. The fourth-order valence-electron chi connectivity index (χ4n) is 5.67. The third-order valence-electron chi connectivity index (χ3n) is 7.83. The number of hydrogen-bond acceptors (Lipinski definition) is 6. The van der Waals surface area contributed by atoms with Crippen molar-refractivity contribution in [3.05, 3.63) is 81.6 Å². The van der Waals surface area contributed by atoms with E-state index in [0.717, 1.165) is 47.9 Å². The quantitative estimate of drug-likeness (QED) is 0.357. The highest BCUT2D eigenvalue weighted by Crippen LogP contribution is 2.38. The van der Waals surface area contributed by atoms with Crippen molar-refractivity contribution in [1.82, 2.24) is 24.9 Å². The van der Waals surface area contributed by atoms with Crippen molar-refractivity contribution < 1.29 is 19.4 Å². The number of carboxylic acid groups (broad SMARTS) is 1. The predicted octanol–water partition coefficient (Wildman–Crippen LogP) is 5.24. The lowest BCUT2D eigenvalue weighted by Gasteiger charge is -2.30. The number of aliphatic carboxylic acids is 1. The molecule has 2 aromatic carbocycles. The molecule has 9 bridgehead atoms. The van der Waals surface area contributed by atoms with Crippen molar-refractivity contribution in [3.63, 3.8) is 0 Å². The first-order valence-electron chi connectivity index (χ1n) is 13.7. The second kappa shape index (κ2) is 11.3. The van der Waals surface area contributed by atoms with Gasteiger partial charge in [0, 0.05) is 25.6 Å². The summed E-state index contributed by atoms with van der Waals surface area (Å²) in [5.74, 6) is -0.889. The zero-order valence-corrected chi connectivity index (χ0v) is 22.8. The first-order chi connectivity index (χ1) is 19.5. The molecule has 1 N–H and O–H groups in total. The predicted molar refractivity (Wildman–Crippen MR) is 150 cm³/mol. The number of pyridine rings is 1. The van der Waals surface area contributed by atoms with Gasteiger partial charge < -0.3 is 14.7 Å². The van der Waals surface area contributed by atoms with Crippen LogP contribution in [-0.2, 0) is 24.3 Å². The second-order valence-corrected chi connectivity index (χ2v) is 10.8. The molecule has 10 heteroatoms. The average molecular weight is 560 g/mol. The van der Waals surface area contributed by atoms with Crippen LogP contribution in [0.3, 0.4) is 0 Å². The van der Waals surface area contributed by atoms with E-state index in [2.05, 4.69) is 15.3 Å². The fraction of sp³-hybridized carbons (Fsp3) is 0.367. The summed E-state index contributed by atoms with van der Waals surface area (Å²) in [6.07, 6.45) is 6.06. The van der Waals surface area contributed by atoms with Crippen LogP contribution in [0.1, 0.15) is 70.8 Å². The highest BCUT2D eigenvalue weighted by atomic mass is 35.5. The molecule has 206 valence electrons. The Kier molecular flexibility index (Phi) is 7.38. The topological polar surface area (TPSA) is 110 Å². The first-order valence-corrected chi connectivity index (χ1v) is 14.1. The minimum absolute atomic E-state index is 0.126. The summed E-state index contributed by atoms with van der Waals surface area (Å²) in [6.45, 7) is 2.30. The normalized spacial score (nSPS) is 18.0. The van der Waals surface area contributed by atoms with Crippen LogP contribution in [0.15, 0.2) is 48.7 Å². The minimum atomic E-state index is -0.921. The van der Waals surface area contributed by atoms with Crippen LogP contribution in [-0.4, -0.2) is 55.0 Å². The van der Waals surface area contributed by atoms with Gasteiger partial charge in [-0.1, -0.05) is 47.5 Å². The molecule has 5 aliphatic rings. The van der Waals surface area contributed by atoms with Crippen LogP contribution in [0.2, 0.25) is 5.02 Å². The Balaban J connectivity index is 1.39. The largest absolute Gasteiger partial charge is 0.492 e. The summed E-state index contributed by atoms with van der Waals surface area (Å²) in [7, 11) is 0. The average Bonchev–Trinajstić information content (AvgIpc) is 3.38. The third kappa shape index (κ3) is 5.25. The van der Waals surface area contributed by atoms with Crippen molar-refractivity contribution in [2.45, 2.75) is 57.5 Å². The molecule has 5 aliphatic heterocycles. The van der Waals surface area contributed by atoms with Crippen LogP contribution in [0.4, 0.5) is 0 Å². The zero-order chi connectivity index (χ0) is 27.6. The summed E-state index contributed by atoms with van der Waals surface area (Å²) in [4.78, 5) is 31.4. The van der Waals surface area contributed by atoms with E-state index in [4.69, 9.17) is 16.3 Å².